The van der Waals surface area contributed by atoms with E-state index in [4.69, 9.17) is 4.42 Å². The number of hydrogen-bond donors (Lipinski definition) is 2. The van der Waals surface area contributed by atoms with Crippen molar-refractivity contribution in [1.29, 1.82) is 0 Å². The van der Waals surface area contributed by atoms with Gasteiger partial charge in [0.2, 0.25) is 0 Å². The van der Waals surface area contributed by atoms with Gasteiger partial charge in [0, 0.05) is 11.4 Å². The van der Waals surface area contributed by atoms with Crippen LogP contribution in [0.2, 0.25) is 0 Å². The summed E-state index contributed by atoms with van der Waals surface area (Å²) in [5, 5.41) is 13.5. The number of aromatic nitrogens is 2. The number of aliphatic hydroxyl groups is 1. The van der Waals surface area contributed by atoms with Crippen molar-refractivity contribution >= 4 is 16.7 Å². The van der Waals surface area contributed by atoms with Crippen LogP contribution in [0.25, 0.3) is 22.5 Å². The first kappa shape index (κ1) is 13.6. The third kappa shape index (κ3) is 2.73. The average molecular weight is 283 g/mol. The van der Waals surface area contributed by atoms with Crippen LogP contribution in [0.5, 0.6) is 0 Å². The molecule has 0 saturated carbocycles. The summed E-state index contributed by atoms with van der Waals surface area (Å²) in [6.07, 6.45) is 1.60. The van der Waals surface area contributed by atoms with Crippen LogP contribution in [-0.4, -0.2) is 21.1 Å². The molecule has 3 rings (SSSR count). The minimum Gasteiger partial charge on any atom is -0.461 e. The number of nitrogens with zero attached hydrogens (tertiary/aromatic N) is 2. The Balaban J connectivity index is 2.20. The Morgan fingerprint density at radius 1 is 1.24 bits per heavy atom. The molecule has 2 aromatic heterocycles. The van der Waals surface area contributed by atoms with Crippen molar-refractivity contribution in [1.82, 2.24) is 9.97 Å². The van der Waals surface area contributed by atoms with E-state index >= 15 is 0 Å². The first-order valence-corrected chi connectivity index (χ1v) is 6.89. The number of rotatable bonds is 4. The monoisotopic (exact) mass is 283 g/mol. The van der Waals surface area contributed by atoms with E-state index < -0.39 is 0 Å². The third-order valence-corrected chi connectivity index (χ3v) is 3.11. The van der Waals surface area contributed by atoms with Gasteiger partial charge in [-0.15, -0.1) is 0 Å². The zero-order valence-electron chi connectivity index (χ0n) is 12.0. The fourth-order valence-electron chi connectivity index (χ4n) is 2.17. The molecule has 0 atom stereocenters. The average Bonchev–Trinajstić information content (AvgIpc) is 3.00. The predicted octanol–water partition coefficient (Wildman–Crippen LogP) is 3.20. The lowest BCUT2D eigenvalue weighted by Gasteiger charge is -2.13. The first-order chi connectivity index (χ1) is 10.2. The maximum atomic E-state index is 9.30. The molecule has 0 fully saturated rings. The van der Waals surface area contributed by atoms with Crippen LogP contribution in [0, 0.1) is 0 Å². The first-order valence-electron chi connectivity index (χ1n) is 6.89. The summed E-state index contributed by atoms with van der Waals surface area (Å²) < 4.78 is 5.38. The number of hydrogen-bond acceptors (Lipinski definition) is 5. The Bertz CT molecular complexity index is 752. The van der Waals surface area contributed by atoms with Gasteiger partial charge in [-0.05, 0) is 43.7 Å². The predicted molar refractivity (Wildman–Crippen MR) is 81.9 cm³/mol. The minimum absolute atomic E-state index is 0.00298. The second kappa shape index (κ2) is 5.54. The number of benzene rings is 1. The van der Waals surface area contributed by atoms with Crippen molar-refractivity contribution in [3.63, 3.8) is 0 Å². The molecule has 2 heterocycles. The molecule has 0 amide bonds. The van der Waals surface area contributed by atoms with Crippen molar-refractivity contribution < 1.29 is 9.52 Å². The summed E-state index contributed by atoms with van der Waals surface area (Å²) in [4.78, 5) is 9.10. The van der Waals surface area contributed by atoms with Gasteiger partial charge in [0.05, 0.1) is 18.4 Å². The Kier molecular flexibility index (Phi) is 3.58. The molecule has 0 spiro atoms. The quantitative estimate of drug-likeness (QED) is 0.769. The molecule has 3 aromatic rings. The highest BCUT2D eigenvalue weighted by molar-refractivity contribution is 5.91. The van der Waals surface area contributed by atoms with E-state index in [0.717, 1.165) is 22.3 Å². The van der Waals surface area contributed by atoms with Crippen LogP contribution >= 0.6 is 0 Å². The van der Waals surface area contributed by atoms with Crippen LogP contribution in [-0.2, 0) is 6.61 Å². The van der Waals surface area contributed by atoms with E-state index in [0.29, 0.717) is 11.6 Å². The van der Waals surface area contributed by atoms with E-state index in [-0.39, 0.29) is 12.6 Å². The van der Waals surface area contributed by atoms with Gasteiger partial charge in [0.15, 0.2) is 11.6 Å². The molecule has 5 heteroatoms. The van der Waals surface area contributed by atoms with Gasteiger partial charge in [0.1, 0.15) is 5.82 Å². The van der Waals surface area contributed by atoms with Crippen molar-refractivity contribution in [2.75, 3.05) is 5.32 Å². The van der Waals surface area contributed by atoms with Crippen molar-refractivity contribution in [2.24, 2.45) is 0 Å². The SMILES string of the molecule is CC(C)Nc1nc(-c2ccco2)nc2ccc(CO)cc12. The van der Waals surface area contributed by atoms with Crippen LogP contribution in [0.4, 0.5) is 5.82 Å². The summed E-state index contributed by atoms with van der Waals surface area (Å²) in [5.74, 6) is 1.93. The summed E-state index contributed by atoms with van der Waals surface area (Å²) >= 11 is 0. The lowest BCUT2D eigenvalue weighted by molar-refractivity contribution is 0.282. The van der Waals surface area contributed by atoms with E-state index in [1.165, 1.54) is 0 Å². The molecule has 2 N–H and O–H groups in total. The Labute approximate surface area is 122 Å². The van der Waals surface area contributed by atoms with Crippen molar-refractivity contribution in [2.45, 2.75) is 26.5 Å². The smallest absolute Gasteiger partial charge is 0.198 e. The number of anilines is 1. The summed E-state index contributed by atoms with van der Waals surface area (Å²) in [7, 11) is 0. The highest BCUT2D eigenvalue weighted by Gasteiger charge is 2.12. The van der Waals surface area contributed by atoms with Crippen molar-refractivity contribution in [3.05, 3.63) is 42.2 Å². The molecule has 0 bridgehead atoms. The molecular formula is C16H17N3O2. The van der Waals surface area contributed by atoms with Gasteiger partial charge in [0.25, 0.3) is 0 Å². The Hall–Kier alpha value is -2.40. The molecule has 5 nitrogen and oxygen atoms in total. The van der Waals surface area contributed by atoms with Gasteiger partial charge in [-0.25, -0.2) is 9.97 Å². The number of aliphatic hydroxyl groups excluding tert-OH is 1. The number of fused-ring (bicyclic) bond motifs is 1. The zero-order valence-corrected chi connectivity index (χ0v) is 12.0. The standard InChI is InChI=1S/C16H17N3O2/c1-10(2)17-15-12-8-11(9-20)5-6-13(12)18-16(19-15)14-4-3-7-21-14/h3-8,10,20H,9H2,1-2H3,(H,17,18,19). The van der Waals surface area contributed by atoms with Crippen LogP contribution in [0.1, 0.15) is 19.4 Å². The largest absolute Gasteiger partial charge is 0.461 e. The van der Waals surface area contributed by atoms with Gasteiger partial charge in [-0.3, -0.25) is 0 Å². The van der Waals surface area contributed by atoms with E-state index in [2.05, 4.69) is 29.1 Å². The highest BCUT2D eigenvalue weighted by atomic mass is 16.3. The molecule has 0 aliphatic heterocycles. The van der Waals surface area contributed by atoms with E-state index in [9.17, 15) is 5.11 Å². The Morgan fingerprint density at radius 2 is 2.10 bits per heavy atom. The molecule has 0 aliphatic carbocycles. The molecule has 108 valence electrons. The van der Waals surface area contributed by atoms with Gasteiger partial charge < -0.3 is 14.8 Å². The maximum Gasteiger partial charge on any atom is 0.198 e. The van der Waals surface area contributed by atoms with Crippen LogP contribution in [0.3, 0.4) is 0 Å². The second-order valence-corrected chi connectivity index (χ2v) is 5.18. The van der Waals surface area contributed by atoms with Gasteiger partial charge in [-0.2, -0.15) is 0 Å². The van der Waals surface area contributed by atoms with Gasteiger partial charge in [-0.1, -0.05) is 6.07 Å². The normalized spacial score (nSPS) is 11.2. The number of furan rings is 1. The summed E-state index contributed by atoms with van der Waals surface area (Å²) in [6.45, 7) is 4.10. The molecule has 0 unspecified atom stereocenters. The maximum absolute atomic E-state index is 9.30. The van der Waals surface area contributed by atoms with E-state index in [1.54, 1.807) is 6.26 Å². The summed E-state index contributed by atoms with van der Waals surface area (Å²) in [5.41, 5.74) is 1.65. The zero-order chi connectivity index (χ0) is 14.8. The van der Waals surface area contributed by atoms with Crippen LogP contribution < -0.4 is 5.32 Å². The highest BCUT2D eigenvalue weighted by Crippen LogP contribution is 2.26. The Morgan fingerprint density at radius 3 is 2.76 bits per heavy atom. The molecule has 0 aliphatic rings. The lowest BCUT2D eigenvalue weighted by atomic mass is 10.1. The molecular weight excluding hydrogens is 266 g/mol. The second-order valence-electron chi connectivity index (χ2n) is 5.18. The fourth-order valence-corrected chi connectivity index (χ4v) is 2.17. The van der Waals surface area contributed by atoms with Crippen molar-refractivity contribution in [3.8, 4) is 11.6 Å². The van der Waals surface area contributed by atoms with Crippen LogP contribution in [0.15, 0.2) is 41.0 Å². The topological polar surface area (TPSA) is 71.2 Å². The fraction of sp³-hybridized carbons (Fsp3) is 0.250. The molecule has 0 saturated heterocycles. The molecule has 1 aromatic carbocycles. The molecule has 21 heavy (non-hydrogen) atoms. The third-order valence-electron chi connectivity index (χ3n) is 3.11. The summed E-state index contributed by atoms with van der Waals surface area (Å²) in [6, 6.07) is 9.55. The number of nitrogens with one attached hydrogen (secondary N) is 1. The van der Waals surface area contributed by atoms with Gasteiger partial charge >= 0.3 is 0 Å². The minimum atomic E-state index is -0.00298. The van der Waals surface area contributed by atoms with E-state index in [1.807, 2.05) is 30.3 Å². The lowest BCUT2D eigenvalue weighted by Crippen LogP contribution is -2.12. The molecule has 0 radical (unpaired) electrons.